The van der Waals surface area contributed by atoms with Gasteiger partial charge in [-0.05, 0) is 38.8 Å². The summed E-state index contributed by atoms with van der Waals surface area (Å²) in [5.74, 6) is -1.53. The number of halogens is 2. The van der Waals surface area contributed by atoms with E-state index in [0.717, 1.165) is 0 Å². The molecule has 0 rings (SSSR count). The molecule has 0 nitrogen and oxygen atoms in total. The van der Waals surface area contributed by atoms with Crippen LogP contribution in [0.25, 0.3) is 0 Å². The van der Waals surface area contributed by atoms with Crippen LogP contribution >= 0.6 is 0 Å². The minimum atomic E-state index is -0.770. The maximum Gasteiger partial charge on any atom is 0.161 e. The molecule has 0 spiro atoms. The molecule has 0 N–H and O–H groups in total. The first-order valence-electron chi connectivity index (χ1n) is 3.83. The Morgan fingerprint density at radius 2 is 1.50 bits per heavy atom. The molecule has 0 bridgehead atoms. The van der Waals surface area contributed by atoms with E-state index in [9.17, 15) is 8.78 Å². The smallest absolute Gasteiger partial charge is 0.161 e. The number of allylic oxidation sites excluding steroid dienone is 6. The number of hydrogen-bond acceptors (Lipinski definition) is 0. The zero-order valence-electron chi connectivity index (χ0n) is 7.91. The van der Waals surface area contributed by atoms with Crippen LogP contribution in [0.1, 0.15) is 27.7 Å². The molecule has 0 saturated carbocycles. The summed E-state index contributed by atoms with van der Waals surface area (Å²) in [6, 6.07) is 0. The van der Waals surface area contributed by atoms with Crippen LogP contribution in [-0.4, -0.2) is 0 Å². The van der Waals surface area contributed by atoms with E-state index in [2.05, 4.69) is 0 Å². The van der Waals surface area contributed by atoms with Gasteiger partial charge in [-0.25, -0.2) is 8.78 Å². The Labute approximate surface area is 72.3 Å². The molecule has 0 unspecified atom stereocenters. The molecule has 0 aromatic carbocycles. The maximum absolute atomic E-state index is 13.0. The van der Waals surface area contributed by atoms with Crippen molar-refractivity contribution in [3.8, 4) is 0 Å². The Morgan fingerprint density at radius 3 is 1.83 bits per heavy atom. The first-order valence-corrected chi connectivity index (χ1v) is 3.83. The summed E-state index contributed by atoms with van der Waals surface area (Å²) in [6.07, 6.45) is 3.21. The highest BCUT2D eigenvalue weighted by Crippen LogP contribution is 2.21. The van der Waals surface area contributed by atoms with E-state index >= 15 is 0 Å². The molecule has 0 heterocycles. The van der Waals surface area contributed by atoms with Crippen molar-refractivity contribution in [2.75, 3.05) is 0 Å². The molecular weight excluding hydrogens is 158 g/mol. The van der Waals surface area contributed by atoms with Gasteiger partial charge in [0.15, 0.2) is 11.7 Å². The van der Waals surface area contributed by atoms with Gasteiger partial charge in [0.2, 0.25) is 0 Å². The van der Waals surface area contributed by atoms with Crippen LogP contribution in [0.2, 0.25) is 0 Å². The largest absolute Gasteiger partial charge is 0.204 e. The van der Waals surface area contributed by atoms with Gasteiger partial charge in [0.05, 0.1) is 0 Å². The van der Waals surface area contributed by atoms with Crippen LogP contribution in [0.5, 0.6) is 0 Å². The van der Waals surface area contributed by atoms with Crippen molar-refractivity contribution in [3.05, 3.63) is 35.0 Å². The van der Waals surface area contributed by atoms with Gasteiger partial charge in [0.25, 0.3) is 0 Å². The highest BCUT2D eigenvalue weighted by Gasteiger charge is 2.06. The molecule has 2 heteroatoms. The Balaban J connectivity index is 4.92. The second-order valence-electron chi connectivity index (χ2n) is 2.81. The van der Waals surface area contributed by atoms with Crippen molar-refractivity contribution >= 4 is 0 Å². The van der Waals surface area contributed by atoms with Crippen molar-refractivity contribution in [1.82, 2.24) is 0 Å². The van der Waals surface area contributed by atoms with Gasteiger partial charge in [-0.15, -0.1) is 0 Å². The van der Waals surface area contributed by atoms with Gasteiger partial charge in [0.1, 0.15) is 0 Å². The van der Waals surface area contributed by atoms with Gasteiger partial charge >= 0.3 is 0 Å². The summed E-state index contributed by atoms with van der Waals surface area (Å²) in [5.41, 5.74) is 0.674. The minimum Gasteiger partial charge on any atom is -0.204 e. The summed E-state index contributed by atoms with van der Waals surface area (Å²) < 4.78 is 25.9. The average molecular weight is 172 g/mol. The predicted octanol–water partition coefficient (Wildman–Crippen LogP) is 4.07. The molecule has 0 fully saturated rings. The first-order chi connectivity index (χ1) is 5.50. The lowest BCUT2D eigenvalue weighted by molar-refractivity contribution is 0.532. The van der Waals surface area contributed by atoms with E-state index in [1.807, 2.05) is 0 Å². The Bertz CT molecular complexity index is 241. The summed E-state index contributed by atoms with van der Waals surface area (Å²) in [5, 5.41) is 0. The molecule has 0 aliphatic heterocycles. The Kier molecular flexibility index (Phi) is 4.49. The third kappa shape index (κ3) is 2.99. The summed E-state index contributed by atoms with van der Waals surface area (Å²) in [6.45, 7) is 6.38. The number of rotatable bonds is 2. The standard InChI is InChI=1S/C10H14F2/c1-5-6-8(4)10(12)9(11)7(2)3/h5-6H,1-4H3/b6-5-,10-8+. The van der Waals surface area contributed by atoms with Crippen LogP contribution in [0, 0.1) is 0 Å². The Morgan fingerprint density at radius 1 is 1.00 bits per heavy atom. The zero-order valence-corrected chi connectivity index (χ0v) is 7.91. The van der Waals surface area contributed by atoms with Gasteiger partial charge in [-0.1, -0.05) is 12.2 Å². The van der Waals surface area contributed by atoms with E-state index in [1.165, 1.54) is 26.8 Å². The molecule has 0 amide bonds. The molecule has 0 saturated heterocycles. The fourth-order valence-electron chi connectivity index (χ4n) is 0.716. The highest BCUT2D eigenvalue weighted by molar-refractivity contribution is 5.32. The normalized spacial score (nSPS) is 13.2. The van der Waals surface area contributed by atoms with Gasteiger partial charge < -0.3 is 0 Å². The van der Waals surface area contributed by atoms with Gasteiger partial charge in [-0.2, -0.15) is 0 Å². The predicted molar refractivity (Wildman–Crippen MR) is 48.1 cm³/mol. The van der Waals surface area contributed by atoms with Crippen molar-refractivity contribution in [1.29, 1.82) is 0 Å². The third-order valence-electron chi connectivity index (χ3n) is 1.39. The average Bonchev–Trinajstić information content (AvgIpc) is 2.02. The topological polar surface area (TPSA) is 0 Å². The van der Waals surface area contributed by atoms with E-state index in [0.29, 0.717) is 11.1 Å². The summed E-state index contributed by atoms with van der Waals surface area (Å²) in [7, 11) is 0. The van der Waals surface area contributed by atoms with Crippen molar-refractivity contribution in [2.24, 2.45) is 0 Å². The SMILES string of the molecule is C/C=C\C(C)=C(\F)C(F)=C(C)C. The fraction of sp³-hybridized carbons (Fsp3) is 0.400. The van der Waals surface area contributed by atoms with Crippen LogP contribution in [0.3, 0.4) is 0 Å². The maximum atomic E-state index is 13.0. The minimum absolute atomic E-state index is 0.316. The van der Waals surface area contributed by atoms with Crippen LogP contribution in [0.4, 0.5) is 8.78 Å². The lowest BCUT2D eigenvalue weighted by Gasteiger charge is -1.98. The van der Waals surface area contributed by atoms with E-state index in [1.54, 1.807) is 13.0 Å². The van der Waals surface area contributed by atoms with Crippen LogP contribution < -0.4 is 0 Å². The first kappa shape index (κ1) is 11.1. The monoisotopic (exact) mass is 172 g/mol. The van der Waals surface area contributed by atoms with E-state index < -0.39 is 11.7 Å². The molecule has 0 aliphatic rings. The molecule has 0 aromatic rings. The molecule has 12 heavy (non-hydrogen) atoms. The van der Waals surface area contributed by atoms with E-state index in [4.69, 9.17) is 0 Å². The molecule has 0 radical (unpaired) electrons. The molecular formula is C10H14F2. The summed E-state index contributed by atoms with van der Waals surface area (Å²) >= 11 is 0. The quantitative estimate of drug-likeness (QED) is 0.551. The summed E-state index contributed by atoms with van der Waals surface area (Å²) in [4.78, 5) is 0. The van der Waals surface area contributed by atoms with Gasteiger partial charge in [-0.3, -0.25) is 0 Å². The molecule has 0 aromatic heterocycles. The van der Waals surface area contributed by atoms with Crippen LogP contribution in [0.15, 0.2) is 35.0 Å². The molecule has 0 aliphatic carbocycles. The second-order valence-corrected chi connectivity index (χ2v) is 2.81. The lowest BCUT2D eigenvalue weighted by atomic mass is 10.2. The third-order valence-corrected chi connectivity index (χ3v) is 1.39. The second kappa shape index (κ2) is 4.86. The number of hydrogen-bond donors (Lipinski definition) is 0. The Hall–Kier alpha value is -0.920. The molecule has 68 valence electrons. The lowest BCUT2D eigenvalue weighted by Crippen LogP contribution is -1.83. The van der Waals surface area contributed by atoms with E-state index in [-0.39, 0.29) is 0 Å². The highest BCUT2D eigenvalue weighted by atomic mass is 19.2. The zero-order chi connectivity index (χ0) is 9.72. The van der Waals surface area contributed by atoms with Crippen LogP contribution in [-0.2, 0) is 0 Å². The van der Waals surface area contributed by atoms with Crippen molar-refractivity contribution in [3.63, 3.8) is 0 Å². The van der Waals surface area contributed by atoms with Crippen molar-refractivity contribution < 1.29 is 8.78 Å². The van der Waals surface area contributed by atoms with Gasteiger partial charge in [0, 0.05) is 0 Å². The fourth-order valence-corrected chi connectivity index (χ4v) is 0.716. The van der Waals surface area contributed by atoms with Crippen molar-refractivity contribution in [2.45, 2.75) is 27.7 Å². The molecule has 0 atom stereocenters.